The first-order valence-electron chi connectivity index (χ1n) is 4.32. The van der Waals surface area contributed by atoms with Gasteiger partial charge in [-0.3, -0.25) is 0 Å². The van der Waals surface area contributed by atoms with Gasteiger partial charge in [-0.15, -0.1) is 12.6 Å². The first kappa shape index (κ1) is 13.1. The molecule has 0 spiro atoms. The Morgan fingerprint density at radius 1 is 0.800 bits per heavy atom. The Morgan fingerprint density at radius 2 is 1.33 bits per heavy atom. The summed E-state index contributed by atoms with van der Waals surface area (Å²) in [6, 6.07) is 15.7. The zero-order valence-electron chi connectivity index (χ0n) is 7.44. The van der Waals surface area contributed by atoms with Gasteiger partial charge >= 0.3 is 29.6 Å². The van der Waals surface area contributed by atoms with Crippen molar-refractivity contribution in [3.05, 3.63) is 53.6 Å². The third-order valence-corrected chi connectivity index (χ3v) is 2.79. The summed E-state index contributed by atoms with van der Waals surface area (Å²) < 4.78 is 0. The van der Waals surface area contributed by atoms with Gasteiger partial charge < -0.3 is 0 Å². The minimum atomic E-state index is 0. The molecule has 0 amide bonds. The van der Waals surface area contributed by atoms with Gasteiger partial charge in [0.2, 0.25) is 0 Å². The van der Waals surface area contributed by atoms with Crippen LogP contribution >= 0.6 is 24.2 Å². The number of rotatable bonds is 1. The fraction of sp³-hybridized carbons (Fsp3) is 0. The second kappa shape index (κ2) is 5.97. The quantitative estimate of drug-likeness (QED) is 0.575. The molecule has 2 aromatic rings. The summed E-state index contributed by atoms with van der Waals surface area (Å²) in [5.41, 5.74) is 2.10. The molecule has 0 saturated carbocycles. The van der Waals surface area contributed by atoms with Crippen LogP contribution in [0.2, 0.25) is 5.02 Å². The van der Waals surface area contributed by atoms with Crippen molar-refractivity contribution >= 4 is 53.8 Å². The zero-order valence-corrected chi connectivity index (χ0v) is 9.09. The van der Waals surface area contributed by atoms with Crippen LogP contribution < -0.4 is 0 Å². The van der Waals surface area contributed by atoms with Crippen molar-refractivity contribution in [1.29, 1.82) is 0 Å². The molecule has 0 fully saturated rings. The molecular formula is C12H10ClNaS. The molecule has 0 atom stereocenters. The number of halogens is 1. The third kappa shape index (κ3) is 3.02. The monoisotopic (exact) mass is 244 g/mol. The van der Waals surface area contributed by atoms with E-state index in [9.17, 15) is 0 Å². The molecule has 0 aromatic heterocycles. The summed E-state index contributed by atoms with van der Waals surface area (Å²) in [7, 11) is 0. The van der Waals surface area contributed by atoms with E-state index in [0.717, 1.165) is 21.0 Å². The van der Waals surface area contributed by atoms with Crippen LogP contribution in [-0.2, 0) is 0 Å². The van der Waals surface area contributed by atoms with E-state index in [4.69, 9.17) is 11.6 Å². The van der Waals surface area contributed by atoms with Crippen molar-refractivity contribution in [1.82, 2.24) is 0 Å². The molecule has 0 N–H and O–H groups in total. The van der Waals surface area contributed by atoms with Gasteiger partial charge in [0.1, 0.15) is 0 Å². The Morgan fingerprint density at radius 3 is 1.93 bits per heavy atom. The van der Waals surface area contributed by atoms with Gasteiger partial charge in [-0.1, -0.05) is 48.0 Å². The predicted molar refractivity (Wildman–Crippen MR) is 71.3 cm³/mol. The predicted octanol–water partition coefficient (Wildman–Crippen LogP) is 3.65. The topological polar surface area (TPSA) is 0 Å². The molecular weight excluding hydrogens is 235 g/mol. The van der Waals surface area contributed by atoms with Gasteiger partial charge in [0.15, 0.2) is 0 Å². The number of thiol groups is 1. The Bertz CT molecular complexity index is 413. The van der Waals surface area contributed by atoms with Crippen LogP contribution in [-0.4, -0.2) is 29.6 Å². The van der Waals surface area contributed by atoms with E-state index >= 15 is 0 Å². The second-order valence-corrected chi connectivity index (χ2v) is 3.89. The normalized spacial score (nSPS) is 9.47. The summed E-state index contributed by atoms with van der Waals surface area (Å²) in [4.78, 5) is 0.945. The van der Waals surface area contributed by atoms with Crippen molar-refractivity contribution in [2.24, 2.45) is 0 Å². The fourth-order valence-electron chi connectivity index (χ4n) is 1.38. The van der Waals surface area contributed by atoms with E-state index in [2.05, 4.69) is 12.6 Å². The summed E-state index contributed by atoms with van der Waals surface area (Å²) in [6.07, 6.45) is 0. The molecule has 0 radical (unpaired) electrons. The Balaban J connectivity index is 0.00000112. The molecule has 0 unspecified atom stereocenters. The standard InChI is InChI=1S/C12H9ClS.Na.H/c13-11-7-3-1-5-9(11)10-6-2-4-8-12(10)14;;/h1-8,14H;;. The molecule has 15 heavy (non-hydrogen) atoms. The average Bonchev–Trinajstić information content (AvgIpc) is 2.20. The van der Waals surface area contributed by atoms with Crippen LogP contribution in [0.4, 0.5) is 0 Å². The summed E-state index contributed by atoms with van der Waals surface area (Å²) in [5, 5.41) is 0.758. The molecule has 0 aliphatic heterocycles. The molecule has 3 heteroatoms. The van der Waals surface area contributed by atoms with Crippen LogP contribution in [0.3, 0.4) is 0 Å². The van der Waals surface area contributed by atoms with E-state index in [1.807, 2.05) is 48.5 Å². The molecule has 2 rings (SSSR count). The van der Waals surface area contributed by atoms with Gasteiger partial charge in [0.25, 0.3) is 0 Å². The van der Waals surface area contributed by atoms with E-state index in [0.29, 0.717) is 0 Å². The molecule has 0 heterocycles. The first-order chi connectivity index (χ1) is 6.79. The Kier molecular flexibility index (Phi) is 5.24. The van der Waals surface area contributed by atoms with Crippen molar-refractivity contribution in [2.45, 2.75) is 4.90 Å². The molecule has 0 aliphatic rings. The van der Waals surface area contributed by atoms with Crippen molar-refractivity contribution < 1.29 is 0 Å². The van der Waals surface area contributed by atoms with E-state index in [1.165, 1.54) is 0 Å². The zero-order chi connectivity index (χ0) is 9.97. The SMILES string of the molecule is Sc1ccccc1-c1ccccc1Cl.[NaH]. The van der Waals surface area contributed by atoms with Crippen LogP contribution in [0.25, 0.3) is 11.1 Å². The summed E-state index contributed by atoms with van der Waals surface area (Å²) >= 11 is 10.5. The van der Waals surface area contributed by atoms with Crippen molar-refractivity contribution in [3.8, 4) is 11.1 Å². The van der Waals surface area contributed by atoms with Gasteiger partial charge in [0.05, 0.1) is 0 Å². The van der Waals surface area contributed by atoms with E-state index in [-0.39, 0.29) is 29.6 Å². The van der Waals surface area contributed by atoms with Crippen LogP contribution in [0.1, 0.15) is 0 Å². The van der Waals surface area contributed by atoms with E-state index < -0.39 is 0 Å². The van der Waals surface area contributed by atoms with Gasteiger partial charge in [-0.25, -0.2) is 0 Å². The van der Waals surface area contributed by atoms with Gasteiger partial charge in [-0.05, 0) is 17.7 Å². The van der Waals surface area contributed by atoms with Crippen LogP contribution in [0.5, 0.6) is 0 Å². The van der Waals surface area contributed by atoms with E-state index in [1.54, 1.807) is 0 Å². The molecule has 2 aromatic carbocycles. The first-order valence-corrected chi connectivity index (χ1v) is 5.14. The van der Waals surface area contributed by atoms with Gasteiger partial charge in [-0.2, -0.15) is 0 Å². The van der Waals surface area contributed by atoms with Crippen LogP contribution in [0.15, 0.2) is 53.4 Å². The molecule has 0 aliphatic carbocycles. The maximum atomic E-state index is 6.10. The second-order valence-electron chi connectivity index (χ2n) is 3.00. The number of hydrogen-bond donors (Lipinski definition) is 1. The molecule has 0 bridgehead atoms. The maximum absolute atomic E-state index is 6.10. The summed E-state index contributed by atoms with van der Waals surface area (Å²) in [6.45, 7) is 0. The molecule has 72 valence electrons. The van der Waals surface area contributed by atoms with Gasteiger partial charge in [0, 0.05) is 15.5 Å². The number of benzene rings is 2. The minimum absolute atomic E-state index is 0. The molecule has 0 saturated heterocycles. The van der Waals surface area contributed by atoms with Crippen LogP contribution in [0, 0.1) is 0 Å². The van der Waals surface area contributed by atoms with Crippen molar-refractivity contribution in [3.63, 3.8) is 0 Å². The van der Waals surface area contributed by atoms with Crippen molar-refractivity contribution in [2.75, 3.05) is 0 Å². The third-order valence-electron chi connectivity index (χ3n) is 2.07. The summed E-state index contributed by atoms with van der Waals surface area (Å²) in [5.74, 6) is 0. The number of hydrogen-bond acceptors (Lipinski definition) is 1. The average molecular weight is 245 g/mol. The fourth-order valence-corrected chi connectivity index (χ4v) is 1.90. The Labute approximate surface area is 122 Å². The Hall–Kier alpha value is 0.0800. The molecule has 0 nitrogen and oxygen atoms in total.